The van der Waals surface area contributed by atoms with Crippen molar-refractivity contribution in [1.29, 1.82) is 0 Å². The van der Waals surface area contributed by atoms with Crippen LogP contribution in [-0.2, 0) is 9.53 Å². The minimum Gasteiger partial charge on any atom is -0.381 e. The summed E-state index contributed by atoms with van der Waals surface area (Å²) < 4.78 is 5.44. The molecular formula is C17H23NO2. The maximum Gasteiger partial charge on any atom is 0.130 e. The molecule has 108 valence electrons. The van der Waals surface area contributed by atoms with E-state index in [4.69, 9.17) is 4.74 Å². The zero-order valence-corrected chi connectivity index (χ0v) is 12.2. The lowest BCUT2D eigenvalue weighted by molar-refractivity contribution is -0.117. The summed E-state index contributed by atoms with van der Waals surface area (Å²) in [5, 5.41) is 0. The molecule has 1 aromatic rings. The first-order valence-corrected chi connectivity index (χ1v) is 7.65. The molecule has 0 bridgehead atoms. The maximum atomic E-state index is 11.5. The lowest BCUT2D eigenvalue weighted by atomic mass is 9.96. The van der Waals surface area contributed by atoms with Crippen LogP contribution in [-0.4, -0.2) is 32.1 Å². The normalized spacial score (nSPS) is 22.9. The molecule has 0 radical (unpaired) electrons. The SMILES string of the molecule is CC(=O)CC1CN(CC2CCOCC2)c2ccccc21. The largest absolute Gasteiger partial charge is 0.381 e. The summed E-state index contributed by atoms with van der Waals surface area (Å²) >= 11 is 0. The van der Waals surface area contributed by atoms with Crippen molar-refractivity contribution in [2.75, 3.05) is 31.2 Å². The minimum atomic E-state index is 0.290. The van der Waals surface area contributed by atoms with Gasteiger partial charge in [-0.05, 0) is 37.3 Å². The Hall–Kier alpha value is -1.35. The van der Waals surface area contributed by atoms with E-state index in [1.807, 2.05) is 0 Å². The lowest BCUT2D eigenvalue weighted by Crippen LogP contribution is -2.32. The van der Waals surface area contributed by atoms with Crippen LogP contribution in [0.2, 0.25) is 0 Å². The Balaban J connectivity index is 1.74. The first kappa shape index (κ1) is 13.6. The Morgan fingerprint density at radius 2 is 2.05 bits per heavy atom. The molecule has 0 spiro atoms. The van der Waals surface area contributed by atoms with Crippen LogP contribution in [0.25, 0.3) is 0 Å². The number of hydrogen-bond donors (Lipinski definition) is 0. The van der Waals surface area contributed by atoms with E-state index in [-0.39, 0.29) is 5.78 Å². The maximum absolute atomic E-state index is 11.5. The van der Waals surface area contributed by atoms with E-state index in [9.17, 15) is 4.79 Å². The number of nitrogens with zero attached hydrogens (tertiary/aromatic N) is 1. The number of para-hydroxylation sites is 1. The minimum absolute atomic E-state index is 0.290. The average molecular weight is 273 g/mol. The van der Waals surface area contributed by atoms with Crippen molar-refractivity contribution in [1.82, 2.24) is 0 Å². The zero-order valence-electron chi connectivity index (χ0n) is 12.2. The number of ketones is 1. The third kappa shape index (κ3) is 2.88. The molecule has 0 aromatic heterocycles. The van der Waals surface area contributed by atoms with Crippen LogP contribution in [0.1, 0.15) is 37.7 Å². The molecule has 0 amide bonds. The van der Waals surface area contributed by atoms with Crippen LogP contribution in [0.15, 0.2) is 24.3 Å². The predicted octanol–water partition coefficient (Wildman–Crippen LogP) is 3.00. The van der Waals surface area contributed by atoms with E-state index in [1.165, 1.54) is 11.3 Å². The molecule has 20 heavy (non-hydrogen) atoms. The summed E-state index contributed by atoms with van der Waals surface area (Å²) in [4.78, 5) is 14.0. The van der Waals surface area contributed by atoms with Gasteiger partial charge in [-0.15, -0.1) is 0 Å². The van der Waals surface area contributed by atoms with Gasteiger partial charge in [-0.25, -0.2) is 0 Å². The Morgan fingerprint density at radius 1 is 1.30 bits per heavy atom. The summed E-state index contributed by atoms with van der Waals surface area (Å²) in [7, 11) is 0. The van der Waals surface area contributed by atoms with E-state index < -0.39 is 0 Å². The van der Waals surface area contributed by atoms with Gasteiger partial charge in [0.15, 0.2) is 0 Å². The smallest absolute Gasteiger partial charge is 0.130 e. The second kappa shape index (κ2) is 5.96. The molecule has 1 unspecified atom stereocenters. The number of fused-ring (bicyclic) bond motifs is 1. The van der Waals surface area contributed by atoms with Crippen molar-refractivity contribution in [3.8, 4) is 0 Å². The van der Waals surface area contributed by atoms with Gasteiger partial charge in [-0.2, -0.15) is 0 Å². The molecule has 2 aliphatic heterocycles. The number of Topliss-reactive ketones (excluding diaryl/α,β-unsaturated/α-hetero) is 1. The molecule has 3 nitrogen and oxygen atoms in total. The standard InChI is InChI=1S/C17H23NO2/c1-13(19)10-15-12-18(11-14-6-8-20-9-7-14)17-5-3-2-4-16(15)17/h2-5,14-15H,6-12H2,1H3. The fourth-order valence-electron chi connectivity index (χ4n) is 3.52. The molecule has 1 atom stereocenters. The second-order valence-electron chi connectivity index (χ2n) is 6.12. The number of carbonyl (C=O) groups is 1. The van der Waals surface area contributed by atoms with Crippen LogP contribution in [0.3, 0.4) is 0 Å². The first-order chi connectivity index (χ1) is 9.74. The number of rotatable bonds is 4. The van der Waals surface area contributed by atoms with E-state index in [0.29, 0.717) is 12.3 Å². The van der Waals surface area contributed by atoms with Gasteiger partial charge in [0.2, 0.25) is 0 Å². The van der Waals surface area contributed by atoms with Crippen molar-refractivity contribution in [3.05, 3.63) is 29.8 Å². The molecule has 2 heterocycles. The number of hydrogen-bond acceptors (Lipinski definition) is 3. The Morgan fingerprint density at radius 3 is 2.80 bits per heavy atom. The van der Waals surface area contributed by atoms with Gasteiger partial charge >= 0.3 is 0 Å². The number of ether oxygens (including phenoxy) is 1. The van der Waals surface area contributed by atoms with Crippen LogP contribution in [0.5, 0.6) is 0 Å². The van der Waals surface area contributed by atoms with Gasteiger partial charge in [0.05, 0.1) is 0 Å². The van der Waals surface area contributed by atoms with Gasteiger partial charge in [0, 0.05) is 44.3 Å². The summed E-state index contributed by atoms with van der Waals surface area (Å²) in [6.45, 7) is 5.60. The number of benzene rings is 1. The molecule has 0 saturated carbocycles. The number of carbonyl (C=O) groups excluding carboxylic acids is 1. The summed E-state index contributed by atoms with van der Waals surface area (Å²) in [6, 6.07) is 8.58. The molecule has 0 aliphatic carbocycles. The molecule has 1 aromatic carbocycles. The van der Waals surface area contributed by atoms with Gasteiger partial charge < -0.3 is 14.4 Å². The highest BCUT2D eigenvalue weighted by atomic mass is 16.5. The van der Waals surface area contributed by atoms with Crippen molar-refractivity contribution < 1.29 is 9.53 Å². The second-order valence-corrected chi connectivity index (χ2v) is 6.12. The molecule has 1 saturated heterocycles. The van der Waals surface area contributed by atoms with E-state index in [1.54, 1.807) is 6.92 Å². The molecule has 2 aliphatic rings. The fraction of sp³-hybridized carbons (Fsp3) is 0.588. The van der Waals surface area contributed by atoms with Crippen molar-refractivity contribution in [2.24, 2.45) is 5.92 Å². The summed E-state index contributed by atoms with van der Waals surface area (Å²) in [5.74, 6) is 1.40. The fourth-order valence-corrected chi connectivity index (χ4v) is 3.52. The highest BCUT2D eigenvalue weighted by Gasteiger charge is 2.30. The zero-order chi connectivity index (χ0) is 13.9. The third-order valence-electron chi connectivity index (χ3n) is 4.51. The van der Waals surface area contributed by atoms with Gasteiger partial charge in [-0.1, -0.05) is 18.2 Å². The van der Waals surface area contributed by atoms with Crippen molar-refractivity contribution in [2.45, 2.75) is 32.1 Å². The van der Waals surface area contributed by atoms with Crippen LogP contribution < -0.4 is 4.90 Å². The van der Waals surface area contributed by atoms with Crippen LogP contribution >= 0.6 is 0 Å². The highest BCUT2D eigenvalue weighted by molar-refractivity contribution is 5.78. The van der Waals surface area contributed by atoms with E-state index in [2.05, 4.69) is 29.2 Å². The highest BCUT2D eigenvalue weighted by Crippen LogP contribution is 2.38. The molecule has 1 fully saturated rings. The van der Waals surface area contributed by atoms with E-state index >= 15 is 0 Å². The van der Waals surface area contributed by atoms with Crippen molar-refractivity contribution >= 4 is 11.5 Å². The monoisotopic (exact) mass is 273 g/mol. The number of anilines is 1. The van der Waals surface area contributed by atoms with E-state index in [0.717, 1.165) is 45.1 Å². The molecule has 0 N–H and O–H groups in total. The van der Waals surface area contributed by atoms with Gasteiger partial charge in [0.1, 0.15) is 5.78 Å². The van der Waals surface area contributed by atoms with Gasteiger partial charge in [-0.3, -0.25) is 0 Å². The van der Waals surface area contributed by atoms with Crippen LogP contribution in [0.4, 0.5) is 5.69 Å². The third-order valence-corrected chi connectivity index (χ3v) is 4.51. The summed E-state index contributed by atoms with van der Waals surface area (Å²) in [5.41, 5.74) is 2.69. The Bertz CT molecular complexity index is 480. The topological polar surface area (TPSA) is 29.5 Å². The van der Waals surface area contributed by atoms with Crippen molar-refractivity contribution in [3.63, 3.8) is 0 Å². The lowest BCUT2D eigenvalue weighted by Gasteiger charge is -2.29. The predicted molar refractivity (Wildman–Crippen MR) is 80.2 cm³/mol. The molecular weight excluding hydrogens is 250 g/mol. The van der Waals surface area contributed by atoms with Crippen LogP contribution in [0, 0.1) is 5.92 Å². The molecule has 3 heteroatoms. The first-order valence-electron chi connectivity index (χ1n) is 7.65. The molecule has 3 rings (SSSR count). The quantitative estimate of drug-likeness (QED) is 0.844. The van der Waals surface area contributed by atoms with Gasteiger partial charge in [0.25, 0.3) is 0 Å². The Labute approximate surface area is 120 Å². The summed E-state index contributed by atoms with van der Waals surface area (Å²) in [6.07, 6.45) is 2.99. The Kier molecular flexibility index (Phi) is 4.06. The average Bonchev–Trinajstić information content (AvgIpc) is 2.78.